The number of allylic oxidation sites excluding steroid dienone is 14. The van der Waals surface area contributed by atoms with E-state index < -0.39 is 16.8 Å². The summed E-state index contributed by atoms with van der Waals surface area (Å²) in [4.78, 5) is 49.9. The van der Waals surface area contributed by atoms with Gasteiger partial charge in [0.2, 0.25) is 17.5 Å². The molecule has 0 heterocycles. The number of amides is 1. The first-order valence-corrected chi connectivity index (χ1v) is 25.2. The van der Waals surface area contributed by atoms with Crippen LogP contribution in [0.25, 0.3) is 0 Å². The van der Waals surface area contributed by atoms with E-state index in [9.17, 15) is 34.5 Å². The lowest BCUT2D eigenvalue weighted by Crippen LogP contribution is -2.62. The number of carboxylic acid groups (broad SMARTS) is 1. The Morgan fingerprint density at radius 3 is 1.27 bits per heavy atom. The zero-order valence-electron chi connectivity index (χ0n) is 42.1. The highest BCUT2D eigenvalue weighted by molar-refractivity contribution is 6.07. The molecule has 0 saturated heterocycles. The van der Waals surface area contributed by atoms with Crippen LogP contribution in [0.15, 0.2) is 92.6 Å². The van der Waals surface area contributed by atoms with Gasteiger partial charge in [0, 0.05) is 27.4 Å². The van der Waals surface area contributed by atoms with E-state index in [2.05, 4.69) is 86.6 Å². The summed E-state index contributed by atoms with van der Waals surface area (Å²) in [7, 11) is 0. The smallest absolute Gasteiger partial charge is 0.309 e. The van der Waals surface area contributed by atoms with E-state index in [1.54, 1.807) is 12.2 Å². The Morgan fingerprint density at radius 1 is 0.530 bits per heavy atom. The number of carbonyl (C=O) groups is 4. The normalized spacial score (nSPS) is 46.8. The van der Waals surface area contributed by atoms with Gasteiger partial charge in [-0.25, -0.2) is 0 Å². The zero-order valence-corrected chi connectivity index (χ0v) is 42.1. The molecule has 8 heteroatoms. The average molecular weight is 900 g/mol. The number of hydrogen-bond acceptors (Lipinski definition) is 6. The standard InChI is InChI=1S/C29H39NO3.C29H38O4/c1-17-18-7-8-21-27(4,19(18)15-20(31)23(17)32)12-14-29(6)22-16-26(3,24(30)33)10-9-25(22,2)11-13-28(21,29)5;1-17-18-7-8-21-27(4,19(18)15-20(30)23(17)31)12-14-29(6)22-16-26(3,24(32)33)10-9-25(22,2)11-13-28(21,29)5/h7-8,15,22,32H,9-14,16H2,1-6H3,(H2,30,33);7-8,15,22,31H,9-14,16H2,1-6H3,(H,32,33)/t2*22-,25-,26-,27+,28-,29+/m11/s1. The van der Waals surface area contributed by atoms with Crippen molar-refractivity contribution < 1.29 is 34.5 Å². The van der Waals surface area contributed by atoms with Crippen molar-refractivity contribution in [3.63, 3.8) is 0 Å². The fraction of sp³-hybridized carbons (Fsp3) is 0.655. The van der Waals surface area contributed by atoms with E-state index in [-0.39, 0.29) is 72.3 Å². The molecule has 10 aliphatic rings. The van der Waals surface area contributed by atoms with Gasteiger partial charge in [-0.2, -0.15) is 0 Å². The van der Waals surface area contributed by atoms with Crippen LogP contribution in [-0.4, -0.2) is 38.8 Å². The van der Waals surface area contributed by atoms with Gasteiger partial charge in [0.05, 0.1) is 5.41 Å². The number of ketones is 2. The van der Waals surface area contributed by atoms with Crippen LogP contribution in [0.2, 0.25) is 0 Å². The lowest BCUT2D eigenvalue weighted by molar-refractivity contribution is -0.178. The summed E-state index contributed by atoms with van der Waals surface area (Å²) >= 11 is 0. The second-order valence-electron chi connectivity index (χ2n) is 25.9. The van der Waals surface area contributed by atoms with Gasteiger partial charge < -0.3 is 21.1 Å². The highest BCUT2D eigenvalue weighted by Crippen LogP contribution is 2.77. The minimum absolute atomic E-state index is 0.0000746. The van der Waals surface area contributed by atoms with Crippen LogP contribution in [0, 0.1) is 66.0 Å². The second kappa shape index (κ2) is 14.2. The predicted octanol–water partition coefficient (Wildman–Crippen LogP) is 12.8. The number of aliphatic hydroxyl groups is 2. The van der Waals surface area contributed by atoms with Crippen LogP contribution in [-0.2, 0) is 19.2 Å². The molecule has 0 aromatic carbocycles. The molecule has 0 aromatic heterocycles. The van der Waals surface area contributed by atoms with Gasteiger partial charge in [-0.1, -0.05) is 97.8 Å². The van der Waals surface area contributed by atoms with Crippen molar-refractivity contribution in [1.82, 2.24) is 0 Å². The molecule has 6 fully saturated rings. The second-order valence-corrected chi connectivity index (χ2v) is 25.9. The summed E-state index contributed by atoms with van der Waals surface area (Å²) in [6.45, 7) is 26.9. The maximum absolute atomic E-state index is 12.6. The molecule has 5 N–H and O–H groups in total. The first kappa shape index (κ1) is 46.9. The van der Waals surface area contributed by atoms with Gasteiger partial charge >= 0.3 is 5.97 Å². The number of carboxylic acids is 1. The maximum atomic E-state index is 12.6. The molecule has 1 amide bonds. The summed E-state index contributed by atoms with van der Waals surface area (Å²) in [5, 5.41) is 30.6. The number of carbonyl (C=O) groups excluding carboxylic acids is 3. The van der Waals surface area contributed by atoms with Gasteiger partial charge in [0.15, 0.2) is 11.5 Å². The van der Waals surface area contributed by atoms with Crippen LogP contribution >= 0.6 is 0 Å². The molecular formula is C58H77NO7. The minimum atomic E-state index is -0.655. The molecule has 0 radical (unpaired) electrons. The zero-order chi connectivity index (χ0) is 48.4. The highest BCUT2D eigenvalue weighted by Gasteiger charge is 2.69. The topological polar surface area (TPSA) is 155 Å². The molecule has 0 aromatic rings. The monoisotopic (exact) mass is 900 g/mol. The van der Waals surface area contributed by atoms with E-state index in [1.807, 2.05) is 20.8 Å². The Bertz CT molecular complexity index is 2390. The molecule has 0 aliphatic heterocycles. The number of primary amides is 1. The maximum Gasteiger partial charge on any atom is 0.309 e. The van der Waals surface area contributed by atoms with Crippen LogP contribution < -0.4 is 5.73 Å². The van der Waals surface area contributed by atoms with Crippen LogP contribution in [0.4, 0.5) is 0 Å². The third-order valence-electron chi connectivity index (χ3n) is 22.9. The highest BCUT2D eigenvalue weighted by atomic mass is 16.4. The molecule has 0 unspecified atom stereocenters. The minimum Gasteiger partial charge on any atom is -0.504 e. The van der Waals surface area contributed by atoms with E-state index in [0.717, 1.165) is 112 Å². The lowest BCUT2D eigenvalue weighted by atomic mass is 9.34. The van der Waals surface area contributed by atoms with Gasteiger partial charge in [-0.3, -0.25) is 19.2 Å². The molecule has 12 atom stereocenters. The third-order valence-corrected chi connectivity index (χ3v) is 22.9. The van der Waals surface area contributed by atoms with Gasteiger partial charge in [-0.15, -0.1) is 0 Å². The summed E-state index contributed by atoms with van der Waals surface area (Å²) < 4.78 is 0. The fourth-order valence-corrected chi connectivity index (χ4v) is 17.3. The molecule has 0 bridgehead atoms. The van der Waals surface area contributed by atoms with Crippen molar-refractivity contribution in [1.29, 1.82) is 0 Å². The van der Waals surface area contributed by atoms with Crippen molar-refractivity contribution in [2.75, 3.05) is 0 Å². The predicted molar refractivity (Wildman–Crippen MR) is 259 cm³/mol. The summed E-state index contributed by atoms with van der Waals surface area (Å²) in [6, 6.07) is 0. The van der Waals surface area contributed by atoms with Crippen molar-refractivity contribution >= 4 is 23.4 Å². The number of fused-ring (bicyclic) bond motifs is 14. The quantitative estimate of drug-likeness (QED) is 0.215. The Morgan fingerprint density at radius 2 is 0.894 bits per heavy atom. The number of hydrogen-bond donors (Lipinski definition) is 4. The summed E-state index contributed by atoms with van der Waals surface area (Å²) in [5.41, 5.74) is 13.1. The SMILES string of the molecule is CC1=C(O)C(=O)C=C2C1=CC=C1[C@@]2(C)CC[C@@]2(C)[C@@H]3C[C@](C)(C(=O)O)CC[C@]3(C)CC[C@]12C.CC1=C(O)C(=O)C=C2C1=CC=C1[C@@]2(C)CC[C@@]2(C)[C@@H]3C[C@](C)(C(N)=O)CC[C@]3(C)CC[C@]12C. The third kappa shape index (κ3) is 5.86. The Labute approximate surface area is 393 Å². The molecule has 356 valence electrons. The molecule has 10 rings (SSSR count). The van der Waals surface area contributed by atoms with Gasteiger partial charge in [-0.05, 0) is 189 Å². The number of aliphatic carboxylic acids is 1. The van der Waals surface area contributed by atoms with Gasteiger partial charge in [0.25, 0.3) is 0 Å². The molecule has 0 spiro atoms. The Hall–Kier alpha value is -4.20. The lowest BCUT2D eigenvalue weighted by Gasteiger charge is -2.70. The average Bonchev–Trinajstić information content (AvgIpc) is 3.26. The number of aliphatic hydroxyl groups excluding tert-OH is 2. The van der Waals surface area contributed by atoms with E-state index in [1.165, 1.54) is 11.1 Å². The molecule has 8 nitrogen and oxygen atoms in total. The summed E-state index contributed by atoms with van der Waals surface area (Å²) in [5.74, 6) is -0.861. The van der Waals surface area contributed by atoms with E-state index in [0.29, 0.717) is 23.0 Å². The van der Waals surface area contributed by atoms with Crippen LogP contribution in [0.1, 0.15) is 173 Å². The van der Waals surface area contributed by atoms with Crippen molar-refractivity contribution in [3.05, 3.63) is 92.6 Å². The molecule has 6 saturated carbocycles. The number of nitrogens with two attached hydrogens (primary N) is 1. The number of rotatable bonds is 2. The fourth-order valence-electron chi connectivity index (χ4n) is 17.3. The van der Waals surface area contributed by atoms with Gasteiger partial charge in [0.1, 0.15) is 0 Å². The first-order valence-electron chi connectivity index (χ1n) is 25.2. The largest absolute Gasteiger partial charge is 0.504 e. The van der Waals surface area contributed by atoms with Crippen LogP contribution in [0.5, 0.6) is 0 Å². The molecule has 10 aliphatic carbocycles. The Kier molecular flexibility index (Phi) is 10.1. The van der Waals surface area contributed by atoms with Crippen molar-refractivity contribution in [2.24, 2.45) is 71.7 Å². The molecule has 66 heavy (non-hydrogen) atoms. The van der Waals surface area contributed by atoms with Crippen LogP contribution in [0.3, 0.4) is 0 Å². The van der Waals surface area contributed by atoms with Crippen molar-refractivity contribution in [2.45, 2.75) is 173 Å². The van der Waals surface area contributed by atoms with Crippen molar-refractivity contribution in [3.8, 4) is 0 Å². The first-order chi connectivity index (χ1) is 30.4. The molecular weight excluding hydrogens is 823 g/mol. The van der Waals surface area contributed by atoms with E-state index in [4.69, 9.17) is 5.73 Å². The Balaban J connectivity index is 0.000000166. The van der Waals surface area contributed by atoms with E-state index >= 15 is 0 Å². The summed E-state index contributed by atoms with van der Waals surface area (Å²) in [6.07, 6.45) is 25.9.